The SMILES string of the molecule is COc1ccc(NC(=O)c2ccc([N+](=O)[O-])c(C)c2)cc1-n1nnnc1C. The highest BCUT2D eigenvalue weighted by molar-refractivity contribution is 6.04. The minimum absolute atomic E-state index is 0.0348. The minimum Gasteiger partial charge on any atom is -0.494 e. The molecule has 27 heavy (non-hydrogen) atoms. The highest BCUT2D eigenvalue weighted by atomic mass is 16.6. The van der Waals surface area contributed by atoms with Crippen molar-refractivity contribution in [2.24, 2.45) is 0 Å². The summed E-state index contributed by atoms with van der Waals surface area (Å²) in [7, 11) is 1.52. The van der Waals surface area contributed by atoms with E-state index in [4.69, 9.17) is 4.74 Å². The molecule has 0 aliphatic heterocycles. The first-order chi connectivity index (χ1) is 12.9. The van der Waals surface area contributed by atoms with Gasteiger partial charge in [-0.15, -0.1) is 5.10 Å². The largest absolute Gasteiger partial charge is 0.494 e. The second-order valence-electron chi connectivity index (χ2n) is 5.74. The summed E-state index contributed by atoms with van der Waals surface area (Å²) in [6, 6.07) is 9.25. The number of aromatic nitrogens is 4. The van der Waals surface area contributed by atoms with E-state index in [0.717, 1.165) is 0 Å². The lowest BCUT2D eigenvalue weighted by Gasteiger charge is -2.12. The van der Waals surface area contributed by atoms with E-state index in [1.165, 1.54) is 30.0 Å². The maximum absolute atomic E-state index is 12.5. The van der Waals surface area contributed by atoms with Gasteiger partial charge in [-0.3, -0.25) is 14.9 Å². The lowest BCUT2D eigenvalue weighted by atomic mass is 10.1. The third-order valence-corrected chi connectivity index (χ3v) is 3.95. The molecule has 0 saturated heterocycles. The molecular formula is C17H16N6O4. The Morgan fingerprint density at radius 2 is 2.00 bits per heavy atom. The van der Waals surface area contributed by atoms with Gasteiger partial charge in [0.25, 0.3) is 11.6 Å². The number of nitro groups is 1. The van der Waals surface area contributed by atoms with Crippen LogP contribution in [0.25, 0.3) is 5.69 Å². The van der Waals surface area contributed by atoms with E-state index < -0.39 is 10.8 Å². The highest BCUT2D eigenvalue weighted by Crippen LogP contribution is 2.27. The van der Waals surface area contributed by atoms with Crippen LogP contribution >= 0.6 is 0 Å². The monoisotopic (exact) mass is 368 g/mol. The summed E-state index contributed by atoms with van der Waals surface area (Å²) in [5.41, 5.74) is 1.76. The van der Waals surface area contributed by atoms with E-state index in [9.17, 15) is 14.9 Å². The molecule has 0 aliphatic carbocycles. The Bertz CT molecular complexity index is 1030. The zero-order valence-corrected chi connectivity index (χ0v) is 14.8. The summed E-state index contributed by atoms with van der Waals surface area (Å²) in [6.45, 7) is 3.32. The van der Waals surface area contributed by atoms with Gasteiger partial charge in [0.05, 0.1) is 12.0 Å². The van der Waals surface area contributed by atoms with Crippen LogP contribution in [0.5, 0.6) is 5.75 Å². The summed E-state index contributed by atoms with van der Waals surface area (Å²) >= 11 is 0. The molecule has 0 bridgehead atoms. The van der Waals surface area contributed by atoms with E-state index >= 15 is 0 Å². The number of amides is 1. The van der Waals surface area contributed by atoms with Crippen LogP contribution in [0, 0.1) is 24.0 Å². The Kier molecular flexibility index (Phi) is 4.79. The Morgan fingerprint density at radius 3 is 2.59 bits per heavy atom. The lowest BCUT2D eigenvalue weighted by Crippen LogP contribution is -2.13. The van der Waals surface area contributed by atoms with E-state index in [1.54, 1.807) is 32.0 Å². The molecule has 3 rings (SSSR count). The van der Waals surface area contributed by atoms with E-state index in [1.807, 2.05) is 0 Å². The minimum atomic E-state index is -0.485. The average molecular weight is 368 g/mol. The number of rotatable bonds is 5. The van der Waals surface area contributed by atoms with Gasteiger partial charge in [0.1, 0.15) is 11.4 Å². The Hall–Kier alpha value is -3.82. The van der Waals surface area contributed by atoms with Crippen LogP contribution in [0.2, 0.25) is 0 Å². The van der Waals surface area contributed by atoms with Gasteiger partial charge >= 0.3 is 0 Å². The molecular weight excluding hydrogens is 352 g/mol. The molecule has 1 heterocycles. The molecule has 0 fully saturated rings. The van der Waals surface area contributed by atoms with Crippen LogP contribution in [0.1, 0.15) is 21.7 Å². The molecule has 1 N–H and O–H groups in total. The number of anilines is 1. The smallest absolute Gasteiger partial charge is 0.272 e. The topological polar surface area (TPSA) is 125 Å². The van der Waals surface area contributed by atoms with Crippen molar-refractivity contribution >= 4 is 17.3 Å². The van der Waals surface area contributed by atoms with Crippen LogP contribution in [0.15, 0.2) is 36.4 Å². The summed E-state index contributed by atoms with van der Waals surface area (Å²) in [4.78, 5) is 22.9. The van der Waals surface area contributed by atoms with Crippen molar-refractivity contribution in [1.82, 2.24) is 20.2 Å². The number of carbonyl (C=O) groups is 1. The van der Waals surface area contributed by atoms with Crippen LogP contribution < -0.4 is 10.1 Å². The predicted octanol–water partition coefficient (Wildman–Crippen LogP) is 2.45. The molecule has 0 atom stereocenters. The summed E-state index contributed by atoms with van der Waals surface area (Å²) < 4.78 is 6.82. The quantitative estimate of drug-likeness (QED) is 0.541. The fourth-order valence-corrected chi connectivity index (χ4v) is 2.59. The van der Waals surface area contributed by atoms with Crippen LogP contribution in [-0.2, 0) is 0 Å². The Morgan fingerprint density at radius 1 is 1.22 bits per heavy atom. The number of nitrogens with zero attached hydrogens (tertiary/aromatic N) is 5. The van der Waals surface area contributed by atoms with Gasteiger partial charge in [-0.25, -0.2) is 0 Å². The van der Waals surface area contributed by atoms with Crippen molar-refractivity contribution in [2.45, 2.75) is 13.8 Å². The van der Waals surface area contributed by atoms with Crippen LogP contribution in [-0.4, -0.2) is 38.1 Å². The molecule has 138 valence electrons. The number of nitro benzene ring substituents is 1. The van der Waals surface area contributed by atoms with Crippen molar-refractivity contribution in [2.75, 3.05) is 12.4 Å². The number of carbonyl (C=O) groups excluding carboxylic acids is 1. The van der Waals surface area contributed by atoms with Crippen molar-refractivity contribution in [3.05, 3.63) is 63.5 Å². The molecule has 10 nitrogen and oxygen atoms in total. The molecule has 0 spiro atoms. The third kappa shape index (κ3) is 3.59. The molecule has 10 heteroatoms. The number of methoxy groups -OCH3 is 1. The standard InChI is InChI=1S/C17H16N6O4/c1-10-8-12(4-6-14(10)23(25)26)17(24)18-13-5-7-16(27-3)15(9-13)22-11(2)19-20-21-22/h4-9H,1-3H3,(H,18,24). The fourth-order valence-electron chi connectivity index (χ4n) is 2.59. The van der Waals surface area contributed by atoms with Gasteiger partial charge in [-0.1, -0.05) is 0 Å². The number of hydrogen-bond donors (Lipinski definition) is 1. The van der Waals surface area contributed by atoms with E-state index in [0.29, 0.717) is 34.1 Å². The predicted molar refractivity (Wildman–Crippen MR) is 96.2 cm³/mol. The highest BCUT2D eigenvalue weighted by Gasteiger charge is 2.16. The number of benzene rings is 2. The fraction of sp³-hybridized carbons (Fsp3) is 0.176. The van der Waals surface area contributed by atoms with Crippen LogP contribution in [0.3, 0.4) is 0 Å². The number of hydrogen-bond acceptors (Lipinski definition) is 7. The summed E-state index contributed by atoms with van der Waals surface area (Å²) in [6.07, 6.45) is 0. The van der Waals surface area contributed by atoms with Gasteiger partial charge in [0.2, 0.25) is 0 Å². The number of aryl methyl sites for hydroxylation is 2. The lowest BCUT2D eigenvalue weighted by molar-refractivity contribution is -0.385. The van der Waals surface area contributed by atoms with Crippen LogP contribution in [0.4, 0.5) is 11.4 Å². The second kappa shape index (κ2) is 7.20. The maximum Gasteiger partial charge on any atom is 0.272 e. The van der Waals surface area contributed by atoms with Gasteiger partial charge in [-0.2, -0.15) is 4.68 Å². The maximum atomic E-state index is 12.5. The molecule has 0 radical (unpaired) electrons. The Balaban J connectivity index is 1.90. The molecule has 0 unspecified atom stereocenters. The van der Waals surface area contributed by atoms with Crippen molar-refractivity contribution in [3.8, 4) is 11.4 Å². The first kappa shape index (κ1) is 18.0. The summed E-state index contributed by atoms with van der Waals surface area (Å²) in [5.74, 6) is 0.704. The normalized spacial score (nSPS) is 10.5. The van der Waals surface area contributed by atoms with E-state index in [-0.39, 0.29) is 5.69 Å². The zero-order valence-electron chi connectivity index (χ0n) is 14.8. The van der Waals surface area contributed by atoms with Crippen molar-refractivity contribution < 1.29 is 14.5 Å². The zero-order chi connectivity index (χ0) is 19.6. The first-order valence-electron chi connectivity index (χ1n) is 7.90. The Labute approximate surface area is 153 Å². The number of nitrogens with one attached hydrogen (secondary N) is 1. The molecule has 2 aromatic carbocycles. The molecule has 1 amide bonds. The van der Waals surface area contributed by atoms with E-state index in [2.05, 4.69) is 20.8 Å². The summed E-state index contributed by atoms with van der Waals surface area (Å²) in [5, 5.41) is 25.0. The molecule has 0 aliphatic rings. The average Bonchev–Trinajstić information content (AvgIpc) is 3.07. The number of tetrazole rings is 1. The molecule has 1 aromatic heterocycles. The molecule has 0 saturated carbocycles. The second-order valence-corrected chi connectivity index (χ2v) is 5.74. The van der Waals surface area contributed by atoms with Gasteiger partial charge in [-0.05, 0) is 54.6 Å². The third-order valence-electron chi connectivity index (χ3n) is 3.95. The van der Waals surface area contributed by atoms with Crippen molar-refractivity contribution in [1.29, 1.82) is 0 Å². The first-order valence-corrected chi connectivity index (χ1v) is 7.90. The van der Waals surface area contributed by atoms with Gasteiger partial charge in [0, 0.05) is 22.9 Å². The number of ether oxygens (including phenoxy) is 1. The molecule has 3 aromatic rings. The van der Waals surface area contributed by atoms with Crippen molar-refractivity contribution in [3.63, 3.8) is 0 Å². The van der Waals surface area contributed by atoms with Gasteiger partial charge in [0.15, 0.2) is 5.82 Å². The van der Waals surface area contributed by atoms with Gasteiger partial charge < -0.3 is 10.1 Å².